The number of likely N-dealkylation sites (N-methyl/N-ethyl adjacent to an activating group) is 1. The van der Waals surface area contributed by atoms with Crippen molar-refractivity contribution in [1.29, 1.82) is 0 Å². The monoisotopic (exact) mass is 368 g/mol. The lowest BCUT2D eigenvalue weighted by molar-refractivity contribution is -0.0498. The molecule has 1 heterocycles. The summed E-state index contributed by atoms with van der Waals surface area (Å²) in [7, 11) is -3.76. The summed E-state index contributed by atoms with van der Waals surface area (Å²) in [5, 5.41) is -0.174. The van der Waals surface area contributed by atoms with Gasteiger partial charge in [-0.05, 0) is 44.1 Å². The van der Waals surface area contributed by atoms with Crippen LogP contribution in [0.2, 0.25) is 5.02 Å². The summed E-state index contributed by atoms with van der Waals surface area (Å²) < 4.78 is 56.1. The van der Waals surface area contributed by atoms with Gasteiger partial charge in [0.1, 0.15) is 5.75 Å². The second-order valence-electron chi connectivity index (χ2n) is 5.32. The topological polar surface area (TPSA) is 58.6 Å². The van der Waals surface area contributed by atoms with Crippen LogP contribution in [0.3, 0.4) is 0 Å². The van der Waals surface area contributed by atoms with Crippen molar-refractivity contribution >= 4 is 21.6 Å². The molecule has 2 rings (SSSR count). The van der Waals surface area contributed by atoms with Gasteiger partial charge in [0.15, 0.2) is 0 Å². The van der Waals surface area contributed by atoms with Crippen molar-refractivity contribution in [2.75, 3.05) is 19.6 Å². The molecule has 1 atom stereocenters. The maximum atomic E-state index is 12.4. The van der Waals surface area contributed by atoms with E-state index in [1.54, 1.807) is 0 Å². The molecular formula is C14H19ClF2N2O3S. The van der Waals surface area contributed by atoms with Crippen LogP contribution in [0.25, 0.3) is 0 Å². The zero-order chi connectivity index (χ0) is 17.0. The Kier molecular flexibility index (Phi) is 6.19. The number of sulfonamides is 1. The summed E-state index contributed by atoms with van der Waals surface area (Å²) in [6.07, 6.45) is 1.68. The molecule has 1 saturated heterocycles. The predicted molar refractivity (Wildman–Crippen MR) is 83.5 cm³/mol. The maximum absolute atomic E-state index is 12.4. The molecule has 0 bridgehead atoms. The molecule has 0 aromatic heterocycles. The minimum absolute atomic E-state index is 0.0715. The van der Waals surface area contributed by atoms with Crippen LogP contribution in [0.4, 0.5) is 8.78 Å². The molecule has 1 unspecified atom stereocenters. The van der Waals surface area contributed by atoms with Crippen LogP contribution in [0.15, 0.2) is 23.1 Å². The van der Waals surface area contributed by atoms with Gasteiger partial charge in [-0.25, -0.2) is 13.1 Å². The number of alkyl halides is 2. The fourth-order valence-corrected chi connectivity index (χ4v) is 4.14. The SMILES string of the molecule is CCN1CCCC(NS(=O)(=O)c2ccc(OC(F)F)c(Cl)c2)C1. The molecule has 0 amide bonds. The number of nitrogens with one attached hydrogen (secondary N) is 1. The Morgan fingerprint density at radius 2 is 2.22 bits per heavy atom. The van der Waals surface area contributed by atoms with Crippen LogP contribution in [0.5, 0.6) is 5.75 Å². The standard InChI is InChI=1S/C14H19ClF2N2O3S/c1-2-19-7-3-4-10(9-19)18-23(20,21)11-5-6-13(12(15)8-11)22-14(16)17/h5-6,8,10,14,18H,2-4,7,9H2,1H3. The van der Waals surface area contributed by atoms with E-state index in [0.717, 1.165) is 38.1 Å². The summed E-state index contributed by atoms with van der Waals surface area (Å²) in [6, 6.07) is 3.26. The number of nitrogens with zero attached hydrogens (tertiary/aromatic N) is 1. The molecule has 0 radical (unpaired) electrons. The van der Waals surface area contributed by atoms with Gasteiger partial charge in [-0.1, -0.05) is 18.5 Å². The minimum Gasteiger partial charge on any atom is -0.433 e. The molecule has 1 N–H and O–H groups in total. The first-order valence-corrected chi connectivity index (χ1v) is 9.17. The number of halogens is 3. The molecule has 0 saturated carbocycles. The zero-order valence-corrected chi connectivity index (χ0v) is 14.2. The summed E-state index contributed by atoms with van der Waals surface area (Å²) in [5.74, 6) is -0.254. The third-order valence-electron chi connectivity index (χ3n) is 3.70. The van der Waals surface area contributed by atoms with Crippen LogP contribution in [0, 0.1) is 0 Å². The predicted octanol–water partition coefficient (Wildman–Crippen LogP) is 2.70. The Morgan fingerprint density at radius 3 is 2.83 bits per heavy atom. The van der Waals surface area contributed by atoms with E-state index in [9.17, 15) is 17.2 Å². The Balaban J connectivity index is 2.11. The van der Waals surface area contributed by atoms with E-state index in [1.807, 2.05) is 6.92 Å². The maximum Gasteiger partial charge on any atom is 0.387 e. The van der Waals surface area contributed by atoms with E-state index < -0.39 is 16.6 Å². The molecule has 1 fully saturated rings. The molecule has 1 aliphatic rings. The lowest BCUT2D eigenvalue weighted by atomic mass is 10.1. The first-order chi connectivity index (χ1) is 10.8. The van der Waals surface area contributed by atoms with Crippen LogP contribution in [-0.2, 0) is 10.0 Å². The van der Waals surface area contributed by atoms with Crippen LogP contribution in [-0.4, -0.2) is 45.6 Å². The van der Waals surface area contributed by atoms with Gasteiger partial charge in [0, 0.05) is 12.6 Å². The molecule has 130 valence electrons. The normalized spacial score (nSPS) is 20.0. The minimum atomic E-state index is -3.76. The fourth-order valence-electron chi connectivity index (χ4n) is 2.57. The second kappa shape index (κ2) is 7.74. The molecule has 1 aromatic carbocycles. The highest BCUT2D eigenvalue weighted by Crippen LogP contribution is 2.28. The van der Waals surface area contributed by atoms with Crippen LogP contribution >= 0.6 is 11.6 Å². The van der Waals surface area contributed by atoms with Crippen molar-refractivity contribution in [2.45, 2.75) is 37.3 Å². The van der Waals surface area contributed by atoms with Gasteiger partial charge < -0.3 is 9.64 Å². The number of likely N-dealkylation sites (tertiary alicyclic amines) is 1. The number of ether oxygens (including phenoxy) is 1. The van der Waals surface area contributed by atoms with E-state index in [2.05, 4.69) is 14.4 Å². The van der Waals surface area contributed by atoms with Crippen molar-refractivity contribution in [3.63, 3.8) is 0 Å². The molecule has 1 aromatic rings. The number of rotatable bonds is 6. The lowest BCUT2D eigenvalue weighted by Crippen LogP contribution is -2.47. The fraction of sp³-hybridized carbons (Fsp3) is 0.571. The number of hydrogen-bond acceptors (Lipinski definition) is 4. The smallest absolute Gasteiger partial charge is 0.387 e. The van der Waals surface area contributed by atoms with Gasteiger partial charge >= 0.3 is 6.61 Å². The van der Waals surface area contributed by atoms with E-state index in [4.69, 9.17) is 11.6 Å². The molecule has 23 heavy (non-hydrogen) atoms. The summed E-state index contributed by atoms with van der Waals surface area (Å²) in [4.78, 5) is 2.10. The van der Waals surface area contributed by atoms with Crippen molar-refractivity contribution in [3.05, 3.63) is 23.2 Å². The first kappa shape index (κ1) is 18.4. The number of piperidine rings is 1. The Labute approximate surface area is 139 Å². The summed E-state index contributed by atoms with van der Waals surface area (Å²) in [6.45, 7) is 1.48. The zero-order valence-electron chi connectivity index (χ0n) is 12.6. The largest absolute Gasteiger partial charge is 0.433 e. The van der Waals surface area contributed by atoms with Crippen molar-refractivity contribution in [1.82, 2.24) is 9.62 Å². The Morgan fingerprint density at radius 1 is 1.48 bits per heavy atom. The summed E-state index contributed by atoms with van der Waals surface area (Å²) in [5.41, 5.74) is 0. The van der Waals surface area contributed by atoms with Gasteiger partial charge in [0.05, 0.1) is 9.92 Å². The molecular weight excluding hydrogens is 350 g/mol. The molecule has 0 aliphatic carbocycles. The Bertz CT molecular complexity index is 643. The second-order valence-corrected chi connectivity index (χ2v) is 7.45. The highest BCUT2D eigenvalue weighted by Gasteiger charge is 2.25. The third-order valence-corrected chi connectivity index (χ3v) is 5.52. The molecule has 1 aliphatic heterocycles. The van der Waals surface area contributed by atoms with Gasteiger partial charge in [0.2, 0.25) is 10.0 Å². The van der Waals surface area contributed by atoms with Gasteiger partial charge in [-0.2, -0.15) is 8.78 Å². The summed E-state index contributed by atoms with van der Waals surface area (Å²) >= 11 is 5.81. The van der Waals surface area contributed by atoms with E-state index >= 15 is 0 Å². The average molecular weight is 369 g/mol. The van der Waals surface area contributed by atoms with Gasteiger partial charge in [0.25, 0.3) is 0 Å². The lowest BCUT2D eigenvalue weighted by Gasteiger charge is -2.32. The molecule has 9 heteroatoms. The Hall–Kier alpha value is -0.960. The van der Waals surface area contributed by atoms with E-state index in [0.29, 0.717) is 6.54 Å². The highest BCUT2D eigenvalue weighted by atomic mass is 35.5. The van der Waals surface area contributed by atoms with Crippen LogP contribution in [0.1, 0.15) is 19.8 Å². The third kappa shape index (κ3) is 5.00. The van der Waals surface area contributed by atoms with Gasteiger partial charge in [-0.3, -0.25) is 0 Å². The molecule has 5 nitrogen and oxygen atoms in total. The average Bonchev–Trinajstić information content (AvgIpc) is 2.48. The highest BCUT2D eigenvalue weighted by molar-refractivity contribution is 7.89. The first-order valence-electron chi connectivity index (χ1n) is 7.31. The van der Waals surface area contributed by atoms with E-state index in [-0.39, 0.29) is 21.7 Å². The quantitative estimate of drug-likeness (QED) is 0.838. The van der Waals surface area contributed by atoms with Crippen molar-refractivity contribution in [3.8, 4) is 5.75 Å². The van der Waals surface area contributed by atoms with Crippen LogP contribution < -0.4 is 9.46 Å². The van der Waals surface area contributed by atoms with Crippen molar-refractivity contribution < 1.29 is 21.9 Å². The number of hydrogen-bond donors (Lipinski definition) is 1. The number of benzene rings is 1. The molecule has 0 spiro atoms. The van der Waals surface area contributed by atoms with Gasteiger partial charge in [-0.15, -0.1) is 0 Å². The van der Waals surface area contributed by atoms with E-state index in [1.165, 1.54) is 6.07 Å². The van der Waals surface area contributed by atoms with Crippen molar-refractivity contribution in [2.24, 2.45) is 0 Å².